The first-order valence-corrected chi connectivity index (χ1v) is 6.19. The molecule has 17 heavy (non-hydrogen) atoms. The highest BCUT2D eigenvalue weighted by atomic mass is 16.5. The summed E-state index contributed by atoms with van der Waals surface area (Å²) in [5.74, 6) is 0.606. The van der Waals surface area contributed by atoms with Gasteiger partial charge in [-0.2, -0.15) is 10.2 Å². The van der Waals surface area contributed by atoms with Crippen LogP contribution in [0.5, 0.6) is 0 Å². The number of nitrogens with zero attached hydrogens (tertiary/aromatic N) is 2. The summed E-state index contributed by atoms with van der Waals surface area (Å²) in [7, 11) is 1.63. The minimum Gasteiger partial charge on any atom is -0.383 e. The second-order valence-corrected chi connectivity index (χ2v) is 4.76. The summed E-state index contributed by atoms with van der Waals surface area (Å²) in [6.07, 6.45) is 9.80. The third-order valence-corrected chi connectivity index (χ3v) is 3.42. The molecule has 0 aromatic carbocycles. The molecular weight excluding hydrogens is 216 g/mol. The molecular formula is C13H20N2O2. The molecule has 1 fully saturated rings. The number of aliphatic hydroxyl groups is 1. The number of hydrogen-bond acceptors (Lipinski definition) is 4. The highest BCUT2D eigenvalue weighted by molar-refractivity contribution is 5.24. The number of ether oxygens (including phenoxy) is 1. The van der Waals surface area contributed by atoms with Crippen LogP contribution in [0.3, 0.4) is 0 Å². The third kappa shape index (κ3) is 3.23. The number of rotatable bonds is 4. The van der Waals surface area contributed by atoms with E-state index in [-0.39, 0.29) is 0 Å². The van der Waals surface area contributed by atoms with E-state index in [0.29, 0.717) is 31.9 Å². The van der Waals surface area contributed by atoms with Crippen molar-refractivity contribution in [3.8, 4) is 0 Å². The zero-order valence-corrected chi connectivity index (χ0v) is 10.3. The molecule has 2 rings (SSSR count). The summed E-state index contributed by atoms with van der Waals surface area (Å²) >= 11 is 0. The van der Waals surface area contributed by atoms with Gasteiger partial charge in [0.1, 0.15) is 0 Å². The van der Waals surface area contributed by atoms with Crippen LogP contribution in [-0.2, 0) is 4.74 Å². The molecule has 0 aromatic rings. The Hall–Kier alpha value is -1.00. The van der Waals surface area contributed by atoms with Gasteiger partial charge in [-0.1, -0.05) is 23.8 Å². The van der Waals surface area contributed by atoms with Gasteiger partial charge in [-0.3, -0.25) is 0 Å². The van der Waals surface area contributed by atoms with Crippen molar-refractivity contribution in [2.75, 3.05) is 20.3 Å². The number of hydrogen-bond donors (Lipinski definition) is 1. The van der Waals surface area contributed by atoms with Crippen LogP contribution >= 0.6 is 0 Å². The maximum atomic E-state index is 10.3. The van der Waals surface area contributed by atoms with Gasteiger partial charge >= 0.3 is 0 Å². The minimum atomic E-state index is -0.985. The van der Waals surface area contributed by atoms with Crippen LogP contribution in [0.25, 0.3) is 0 Å². The highest BCUT2D eigenvalue weighted by Gasteiger charge is 2.36. The second-order valence-electron chi connectivity index (χ2n) is 4.76. The molecule has 2 unspecified atom stereocenters. The monoisotopic (exact) mass is 236 g/mol. The Labute approximate surface area is 102 Å². The number of allylic oxidation sites excluding steroid dienone is 3. The topological polar surface area (TPSA) is 54.2 Å². The molecule has 94 valence electrons. The molecule has 2 aliphatic carbocycles. The van der Waals surface area contributed by atoms with E-state index >= 15 is 0 Å². The summed E-state index contributed by atoms with van der Waals surface area (Å²) in [5, 5.41) is 18.4. The van der Waals surface area contributed by atoms with Gasteiger partial charge in [-0.05, 0) is 25.2 Å². The Kier molecular flexibility index (Phi) is 4.07. The van der Waals surface area contributed by atoms with Gasteiger partial charge in [0.2, 0.25) is 0 Å². The Morgan fingerprint density at radius 2 is 2.47 bits per heavy atom. The molecule has 0 bridgehead atoms. The van der Waals surface area contributed by atoms with E-state index in [9.17, 15) is 5.11 Å². The number of azo groups is 1. The SMILES string of the molecule is COCCN=NC1(O)CCC2CC=CC=C2C1. The fraction of sp³-hybridized carbons (Fsp3) is 0.692. The van der Waals surface area contributed by atoms with Gasteiger partial charge in [-0.15, -0.1) is 0 Å². The van der Waals surface area contributed by atoms with Crippen LogP contribution in [0.4, 0.5) is 0 Å². The van der Waals surface area contributed by atoms with Gasteiger partial charge in [-0.25, -0.2) is 0 Å². The lowest BCUT2D eigenvalue weighted by molar-refractivity contribution is 0.0115. The molecule has 1 N–H and O–H groups in total. The highest BCUT2D eigenvalue weighted by Crippen LogP contribution is 2.40. The maximum Gasteiger partial charge on any atom is 0.179 e. The predicted octanol–water partition coefficient (Wildman–Crippen LogP) is 2.46. The Balaban J connectivity index is 1.95. The molecule has 1 saturated carbocycles. The Morgan fingerprint density at radius 3 is 3.29 bits per heavy atom. The first-order chi connectivity index (χ1) is 8.23. The molecule has 0 radical (unpaired) electrons. The molecule has 4 heteroatoms. The average molecular weight is 236 g/mol. The minimum absolute atomic E-state index is 0.515. The zero-order valence-electron chi connectivity index (χ0n) is 10.3. The molecule has 2 atom stereocenters. The molecule has 4 nitrogen and oxygen atoms in total. The van der Waals surface area contributed by atoms with Crippen LogP contribution in [0.1, 0.15) is 25.7 Å². The summed E-state index contributed by atoms with van der Waals surface area (Å²) in [6.45, 7) is 1.06. The molecule has 0 aliphatic heterocycles. The van der Waals surface area contributed by atoms with E-state index in [1.807, 2.05) is 0 Å². The van der Waals surface area contributed by atoms with E-state index in [2.05, 4.69) is 28.5 Å². The van der Waals surface area contributed by atoms with Crippen molar-refractivity contribution in [2.24, 2.45) is 16.1 Å². The Bertz CT molecular complexity index is 349. The average Bonchev–Trinajstić information content (AvgIpc) is 2.35. The first-order valence-electron chi connectivity index (χ1n) is 6.19. The van der Waals surface area contributed by atoms with Crippen LogP contribution in [0, 0.1) is 5.92 Å². The molecule has 0 amide bonds. The van der Waals surface area contributed by atoms with Crippen molar-refractivity contribution in [3.05, 3.63) is 23.8 Å². The van der Waals surface area contributed by atoms with E-state index in [1.54, 1.807) is 7.11 Å². The van der Waals surface area contributed by atoms with Crippen molar-refractivity contribution in [2.45, 2.75) is 31.4 Å². The van der Waals surface area contributed by atoms with E-state index in [1.165, 1.54) is 5.57 Å². The van der Waals surface area contributed by atoms with Gasteiger partial charge in [0.15, 0.2) is 5.72 Å². The third-order valence-electron chi connectivity index (χ3n) is 3.42. The van der Waals surface area contributed by atoms with Crippen molar-refractivity contribution >= 4 is 0 Å². The van der Waals surface area contributed by atoms with Gasteiger partial charge < -0.3 is 9.84 Å². The normalized spacial score (nSPS) is 32.6. The second kappa shape index (κ2) is 5.56. The molecule has 0 saturated heterocycles. The van der Waals surface area contributed by atoms with Crippen LogP contribution < -0.4 is 0 Å². The lowest BCUT2D eigenvalue weighted by Crippen LogP contribution is -2.33. The van der Waals surface area contributed by atoms with Crippen molar-refractivity contribution in [3.63, 3.8) is 0 Å². The summed E-state index contributed by atoms with van der Waals surface area (Å²) in [5.41, 5.74) is 0.327. The van der Waals surface area contributed by atoms with Crippen molar-refractivity contribution in [1.82, 2.24) is 0 Å². The van der Waals surface area contributed by atoms with Crippen LogP contribution in [0.2, 0.25) is 0 Å². The van der Waals surface area contributed by atoms with Crippen LogP contribution in [-0.4, -0.2) is 31.1 Å². The Morgan fingerprint density at radius 1 is 1.59 bits per heavy atom. The molecule has 0 aromatic heterocycles. The van der Waals surface area contributed by atoms with Crippen LogP contribution in [0.15, 0.2) is 34.0 Å². The van der Waals surface area contributed by atoms with E-state index < -0.39 is 5.72 Å². The van der Waals surface area contributed by atoms with E-state index in [0.717, 1.165) is 12.8 Å². The zero-order chi connectivity index (χ0) is 12.1. The summed E-state index contributed by atoms with van der Waals surface area (Å²) < 4.78 is 4.89. The molecule has 2 aliphatic rings. The largest absolute Gasteiger partial charge is 0.383 e. The standard InChI is InChI=1S/C13H20N2O2/c1-17-9-8-14-15-13(16)7-6-11-4-2-3-5-12(11)10-13/h2-3,5,11,16H,4,6-10H2,1H3. The number of methoxy groups -OCH3 is 1. The number of fused-ring (bicyclic) bond motifs is 1. The quantitative estimate of drug-likeness (QED) is 0.602. The smallest absolute Gasteiger partial charge is 0.179 e. The first kappa shape index (κ1) is 12.5. The lowest BCUT2D eigenvalue weighted by Gasteiger charge is -2.35. The van der Waals surface area contributed by atoms with Gasteiger partial charge in [0, 0.05) is 13.5 Å². The maximum absolute atomic E-state index is 10.3. The fourth-order valence-corrected chi connectivity index (χ4v) is 2.45. The molecule has 0 spiro atoms. The van der Waals surface area contributed by atoms with Crippen molar-refractivity contribution in [1.29, 1.82) is 0 Å². The van der Waals surface area contributed by atoms with Crippen molar-refractivity contribution < 1.29 is 9.84 Å². The lowest BCUT2D eigenvalue weighted by atomic mass is 9.76. The van der Waals surface area contributed by atoms with Gasteiger partial charge in [0.05, 0.1) is 13.2 Å². The molecule has 0 heterocycles. The summed E-state index contributed by atoms with van der Waals surface area (Å²) in [4.78, 5) is 0. The summed E-state index contributed by atoms with van der Waals surface area (Å²) in [6, 6.07) is 0. The van der Waals surface area contributed by atoms with Gasteiger partial charge in [0.25, 0.3) is 0 Å². The van der Waals surface area contributed by atoms with E-state index in [4.69, 9.17) is 4.74 Å². The fourth-order valence-electron chi connectivity index (χ4n) is 2.45. The predicted molar refractivity (Wildman–Crippen MR) is 65.7 cm³/mol.